The normalized spacial score (nSPS) is 33.3. The van der Waals surface area contributed by atoms with Crippen LogP contribution in [0.3, 0.4) is 0 Å². The summed E-state index contributed by atoms with van der Waals surface area (Å²) in [5.41, 5.74) is 2.54. The molecule has 0 amide bonds. The Morgan fingerprint density at radius 1 is 0.778 bits per heavy atom. The van der Waals surface area contributed by atoms with E-state index in [1.807, 2.05) is 0 Å². The Bertz CT molecular complexity index is 904. The van der Waals surface area contributed by atoms with Crippen molar-refractivity contribution in [3.63, 3.8) is 0 Å². The molecule has 0 heterocycles. The van der Waals surface area contributed by atoms with E-state index in [1.165, 1.54) is 135 Å². The fraction of sp³-hybridized carbons (Fsp3) is 0.930. The molecule has 4 aliphatic carbocycles. The predicted octanol–water partition coefficient (Wildman–Crippen LogP) is 13.4. The van der Waals surface area contributed by atoms with E-state index in [0.717, 1.165) is 54.8 Å². The molecule has 0 bridgehead atoms. The first-order valence-electron chi connectivity index (χ1n) is 20.6. The molecule has 0 aromatic rings. The van der Waals surface area contributed by atoms with Crippen LogP contribution in [0.2, 0.25) is 0 Å². The molecular weight excluding hydrogens is 550 g/mol. The molecule has 0 aromatic heterocycles. The number of carbonyl (C=O) groups is 1. The summed E-state index contributed by atoms with van der Waals surface area (Å²) in [6.07, 6.45) is 35.4. The molecule has 8 atom stereocenters. The average molecular weight is 627 g/mol. The highest BCUT2D eigenvalue weighted by molar-refractivity contribution is 5.69. The summed E-state index contributed by atoms with van der Waals surface area (Å²) in [6, 6.07) is 0. The maximum atomic E-state index is 12.8. The zero-order valence-electron chi connectivity index (χ0n) is 31.1. The molecule has 0 unspecified atom stereocenters. The van der Waals surface area contributed by atoms with Gasteiger partial charge in [-0.05, 0) is 97.7 Å². The van der Waals surface area contributed by atoms with Gasteiger partial charge in [0.05, 0.1) is 0 Å². The number of hydrogen-bond acceptors (Lipinski definition) is 2. The Morgan fingerprint density at radius 3 is 2.07 bits per heavy atom. The summed E-state index contributed by atoms with van der Waals surface area (Å²) in [5.74, 6) is 5.34. The van der Waals surface area contributed by atoms with Gasteiger partial charge < -0.3 is 4.74 Å². The second-order valence-electron chi connectivity index (χ2n) is 17.6. The molecule has 0 spiro atoms. The fourth-order valence-corrected chi connectivity index (χ4v) is 11.3. The number of ether oxygens (including phenoxy) is 1. The van der Waals surface area contributed by atoms with E-state index in [4.69, 9.17) is 4.74 Å². The van der Waals surface area contributed by atoms with Crippen molar-refractivity contribution in [2.45, 2.75) is 208 Å². The third-order valence-corrected chi connectivity index (χ3v) is 14.0. The third kappa shape index (κ3) is 9.87. The Balaban J connectivity index is 1.14. The molecule has 0 aliphatic heterocycles. The molecule has 0 N–H and O–H groups in total. The van der Waals surface area contributed by atoms with Crippen molar-refractivity contribution in [2.24, 2.45) is 46.3 Å². The van der Waals surface area contributed by atoms with Crippen LogP contribution < -0.4 is 0 Å². The van der Waals surface area contributed by atoms with Gasteiger partial charge in [0.25, 0.3) is 0 Å². The minimum atomic E-state index is 0.0638. The van der Waals surface area contributed by atoms with Gasteiger partial charge in [0, 0.05) is 12.8 Å². The number of carbonyl (C=O) groups excluding carboxylic acids is 1. The summed E-state index contributed by atoms with van der Waals surface area (Å²) < 4.78 is 6.12. The van der Waals surface area contributed by atoms with Crippen LogP contribution in [0.25, 0.3) is 0 Å². The van der Waals surface area contributed by atoms with Crippen LogP contribution in [0, 0.1) is 46.3 Å². The largest absolute Gasteiger partial charge is 0.462 e. The van der Waals surface area contributed by atoms with Gasteiger partial charge in [-0.1, -0.05) is 150 Å². The molecule has 0 saturated heterocycles. The van der Waals surface area contributed by atoms with E-state index in [1.54, 1.807) is 5.57 Å². The lowest BCUT2D eigenvalue weighted by atomic mass is 9.48. The van der Waals surface area contributed by atoms with Gasteiger partial charge in [0.15, 0.2) is 0 Å². The van der Waals surface area contributed by atoms with Crippen LogP contribution in [-0.4, -0.2) is 12.1 Å². The number of allylic oxidation sites excluding steroid dienone is 1. The molecule has 0 radical (unpaired) electrons. The Labute approximate surface area is 281 Å². The first kappa shape index (κ1) is 37.0. The standard InChI is InChI=1S/C43H76O2/c1-7-8-9-10-11-12-13-14-15-16-17-18-19-23-41(44)45-36-28-30-42(5)35(32-36)24-25-37-39-27-26-38(34(4)22-20-21-33(2)3)43(39,6)31-29-40(37)42/h24,33-34,36-40H,7-23,25-32H2,1-6H3/t34-,36+,37+,38-,39+,40+,42+,43-/m1/s1/i32+1,36+1. The van der Waals surface area contributed by atoms with Crippen LogP contribution in [0.5, 0.6) is 0 Å². The molecule has 2 nitrogen and oxygen atoms in total. The van der Waals surface area contributed by atoms with Crippen LogP contribution in [0.15, 0.2) is 11.6 Å². The van der Waals surface area contributed by atoms with Crippen molar-refractivity contribution in [1.82, 2.24) is 0 Å². The van der Waals surface area contributed by atoms with Crippen molar-refractivity contribution in [2.75, 3.05) is 0 Å². The zero-order chi connectivity index (χ0) is 32.3. The van der Waals surface area contributed by atoms with E-state index in [2.05, 4.69) is 47.6 Å². The summed E-state index contributed by atoms with van der Waals surface area (Å²) in [5, 5.41) is 0. The monoisotopic (exact) mass is 627 g/mol. The SMILES string of the molecule is CCCCCCCCCCCCCCCC(=O)O[13C@H]1CC[C@@]2(C)C(=CC[C@H]3[C@@H]4CC[C@H]([C@H](C)CCCC(C)C)[C@@]4(C)CC[C@@H]32)[13CH2]1. The van der Waals surface area contributed by atoms with E-state index in [0.29, 0.717) is 17.3 Å². The molecular formula is C43H76O2. The van der Waals surface area contributed by atoms with Gasteiger partial charge in [-0.25, -0.2) is 0 Å². The average Bonchev–Trinajstić information content (AvgIpc) is 3.37. The van der Waals surface area contributed by atoms with Crippen molar-refractivity contribution in [1.29, 1.82) is 0 Å². The summed E-state index contributed by atoms with van der Waals surface area (Å²) in [7, 11) is 0. The van der Waals surface area contributed by atoms with Gasteiger partial charge in [0.1, 0.15) is 6.10 Å². The number of unbranched alkanes of at least 4 members (excludes halogenated alkanes) is 12. The summed E-state index contributed by atoms with van der Waals surface area (Å²) >= 11 is 0. The molecule has 3 saturated carbocycles. The minimum absolute atomic E-state index is 0.0638. The minimum Gasteiger partial charge on any atom is -0.462 e. The molecule has 0 aromatic carbocycles. The predicted molar refractivity (Wildman–Crippen MR) is 193 cm³/mol. The van der Waals surface area contributed by atoms with Gasteiger partial charge in [-0.2, -0.15) is 0 Å². The van der Waals surface area contributed by atoms with E-state index in [9.17, 15) is 4.79 Å². The third-order valence-electron chi connectivity index (χ3n) is 14.0. The van der Waals surface area contributed by atoms with E-state index >= 15 is 0 Å². The smallest absolute Gasteiger partial charge is 0.306 e. The second-order valence-corrected chi connectivity index (χ2v) is 17.6. The van der Waals surface area contributed by atoms with Gasteiger partial charge in [0.2, 0.25) is 0 Å². The molecule has 2 heteroatoms. The lowest BCUT2D eigenvalue weighted by Gasteiger charge is -2.58. The Morgan fingerprint density at radius 2 is 1.42 bits per heavy atom. The Hall–Kier alpha value is -0.790. The van der Waals surface area contributed by atoms with Crippen molar-refractivity contribution in [3.05, 3.63) is 11.6 Å². The summed E-state index contributed by atoms with van der Waals surface area (Å²) in [6.45, 7) is 14.9. The van der Waals surface area contributed by atoms with Crippen molar-refractivity contribution < 1.29 is 9.53 Å². The highest BCUT2D eigenvalue weighted by atomic mass is 16.6. The van der Waals surface area contributed by atoms with Crippen molar-refractivity contribution >= 4 is 5.97 Å². The lowest BCUT2D eigenvalue weighted by molar-refractivity contribution is -0.151. The number of esters is 1. The second kappa shape index (κ2) is 18.1. The first-order valence-corrected chi connectivity index (χ1v) is 20.6. The molecule has 3 fully saturated rings. The van der Waals surface area contributed by atoms with Crippen LogP contribution >= 0.6 is 0 Å². The van der Waals surface area contributed by atoms with Crippen LogP contribution in [0.4, 0.5) is 0 Å². The number of hydrogen-bond donors (Lipinski definition) is 0. The molecule has 45 heavy (non-hydrogen) atoms. The van der Waals surface area contributed by atoms with Gasteiger partial charge in [-0.3, -0.25) is 4.79 Å². The lowest BCUT2D eigenvalue weighted by Crippen LogP contribution is -2.51. The molecule has 4 rings (SSSR count). The Kier molecular flexibility index (Phi) is 14.9. The highest BCUT2D eigenvalue weighted by Crippen LogP contribution is 2.67. The van der Waals surface area contributed by atoms with E-state index < -0.39 is 0 Å². The highest BCUT2D eigenvalue weighted by Gasteiger charge is 2.59. The van der Waals surface area contributed by atoms with E-state index in [-0.39, 0.29) is 12.1 Å². The fourth-order valence-electron chi connectivity index (χ4n) is 11.3. The summed E-state index contributed by atoms with van der Waals surface area (Å²) in [4.78, 5) is 12.8. The zero-order valence-corrected chi connectivity index (χ0v) is 31.1. The number of rotatable bonds is 20. The maximum absolute atomic E-state index is 12.8. The van der Waals surface area contributed by atoms with Crippen LogP contribution in [-0.2, 0) is 9.53 Å². The topological polar surface area (TPSA) is 26.3 Å². The molecule has 260 valence electrons. The number of fused-ring (bicyclic) bond motifs is 5. The maximum Gasteiger partial charge on any atom is 0.306 e. The van der Waals surface area contributed by atoms with Crippen molar-refractivity contribution in [3.8, 4) is 0 Å². The van der Waals surface area contributed by atoms with Crippen LogP contribution in [0.1, 0.15) is 202 Å². The quantitative estimate of drug-likeness (QED) is 0.0581. The first-order chi connectivity index (χ1) is 21.7. The van der Waals surface area contributed by atoms with Gasteiger partial charge in [-0.15, -0.1) is 0 Å². The molecule has 4 aliphatic rings. The van der Waals surface area contributed by atoms with Gasteiger partial charge >= 0.3 is 5.97 Å².